The summed E-state index contributed by atoms with van der Waals surface area (Å²) in [6.45, 7) is 3.35. The van der Waals surface area contributed by atoms with Crippen molar-refractivity contribution in [3.8, 4) is 0 Å². The second-order valence-electron chi connectivity index (χ2n) is 11.1. The van der Waals surface area contributed by atoms with Crippen LogP contribution in [0.3, 0.4) is 0 Å². The van der Waals surface area contributed by atoms with Crippen molar-refractivity contribution >= 4 is 55.2 Å². The molecular weight excluding hydrogens is 676 g/mol. The zero-order valence-corrected chi connectivity index (χ0v) is 28.1. The zero-order chi connectivity index (χ0) is 34.4. The van der Waals surface area contributed by atoms with Gasteiger partial charge in [-0.05, 0) is 63.1 Å². The number of fused-ring (bicyclic) bond motifs is 2. The lowest BCUT2D eigenvalue weighted by atomic mass is 10.0. The number of halogens is 1. The molecule has 6 N–H and O–H groups in total. The number of carbonyl (C=O) groups excluding carboxylic acids is 2. The van der Waals surface area contributed by atoms with Gasteiger partial charge in [0.15, 0.2) is 0 Å². The van der Waals surface area contributed by atoms with Gasteiger partial charge in [-0.2, -0.15) is 4.72 Å². The Hall–Kier alpha value is -3.32. The first-order chi connectivity index (χ1) is 22.2. The van der Waals surface area contributed by atoms with Crippen LogP contribution in [-0.4, -0.2) is 94.3 Å². The highest BCUT2D eigenvalue weighted by Crippen LogP contribution is 2.32. The van der Waals surface area contributed by atoms with Crippen LogP contribution in [0.1, 0.15) is 44.6 Å². The van der Waals surface area contributed by atoms with Crippen molar-refractivity contribution in [1.29, 1.82) is 0 Å². The monoisotopic (exact) mass is 714 g/mol. The fraction of sp³-hybridized carbons (Fsp3) is 0.483. The van der Waals surface area contributed by atoms with E-state index in [1.165, 1.54) is 11.1 Å². The van der Waals surface area contributed by atoms with Gasteiger partial charge < -0.3 is 15.2 Å². The third kappa shape index (κ3) is 9.19. The molecule has 2 saturated heterocycles. The fourth-order valence-electron chi connectivity index (χ4n) is 5.68. The first-order valence-electron chi connectivity index (χ1n) is 15.1. The summed E-state index contributed by atoms with van der Waals surface area (Å²) in [7, 11) is -7.80. The van der Waals surface area contributed by atoms with Gasteiger partial charge in [-0.1, -0.05) is 41.9 Å². The van der Waals surface area contributed by atoms with Crippen molar-refractivity contribution in [2.24, 2.45) is 5.14 Å². The Morgan fingerprint density at radius 2 is 1.85 bits per heavy atom. The summed E-state index contributed by atoms with van der Waals surface area (Å²) < 4.78 is 53.1. The van der Waals surface area contributed by atoms with E-state index in [0.29, 0.717) is 38.8 Å². The lowest BCUT2D eigenvalue weighted by Crippen LogP contribution is -2.61. The summed E-state index contributed by atoms with van der Waals surface area (Å²) in [4.78, 5) is 37.0. The van der Waals surface area contributed by atoms with Gasteiger partial charge >= 0.3 is 11.9 Å². The maximum atomic E-state index is 13.3. The molecule has 0 saturated carbocycles. The largest absolute Gasteiger partial charge is 0.480 e. The van der Waals surface area contributed by atoms with E-state index in [0.717, 1.165) is 24.5 Å². The van der Waals surface area contributed by atoms with Crippen molar-refractivity contribution in [2.45, 2.75) is 73.4 Å². The third-order valence-corrected chi connectivity index (χ3v) is 10.7. The number of nitrogens with zero attached hydrogens (tertiary/aromatic N) is 2. The molecule has 258 valence electrons. The number of anilines is 1. The Balaban J connectivity index is 0.000000248. The molecule has 0 unspecified atom stereocenters. The van der Waals surface area contributed by atoms with Crippen LogP contribution in [0.4, 0.5) is 5.69 Å². The number of carboxylic acids is 1. The molecule has 0 spiro atoms. The minimum atomic E-state index is -4.07. The van der Waals surface area contributed by atoms with E-state index in [2.05, 4.69) is 15.4 Å². The lowest BCUT2D eigenvalue weighted by molar-refractivity contribution is -0.174. The number of primary sulfonamides is 1. The quantitative estimate of drug-likeness (QED) is 0.232. The van der Waals surface area contributed by atoms with Crippen LogP contribution in [0.15, 0.2) is 52.3 Å². The Labute approximate surface area is 278 Å². The number of nitrogens with two attached hydrogens (primary N) is 1. The number of carboxylic acid groups (broad SMARTS) is 1. The number of hydrogen-bond acceptors (Lipinski definition) is 11. The number of amides is 1. The predicted octanol–water partition coefficient (Wildman–Crippen LogP) is 1.24. The molecule has 15 nitrogen and oxygen atoms in total. The molecule has 3 atom stereocenters. The smallest absolute Gasteiger partial charge is 0.328 e. The van der Waals surface area contributed by atoms with Gasteiger partial charge in [-0.3, -0.25) is 19.9 Å². The highest BCUT2D eigenvalue weighted by atomic mass is 35.5. The van der Waals surface area contributed by atoms with Crippen LogP contribution in [0, 0.1) is 0 Å². The van der Waals surface area contributed by atoms with E-state index in [4.69, 9.17) is 21.5 Å². The Kier molecular flexibility index (Phi) is 12.2. The number of esters is 1. The second-order valence-corrected chi connectivity index (χ2v) is 14.8. The van der Waals surface area contributed by atoms with Gasteiger partial charge in [-0.15, -0.1) is 0 Å². The zero-order valence-electron chi connectivity index (χ0n) is 25.7. The average Bonchev–Trinajstić information content (AvgIpc) is 3.17. The number of aryl methyl sites for hydroxylation is 1. The molecule has 2 fully saturated rings. The fourth-order valence-corrected chi connectivity index (χ4v) is 7.96. The summed E-state index contributed by atoms with van der Waals surface area (Å²) in [6, 6.07) is 9.92. The first kappa shape index (κ1) is 36.5. The maximum Gasteiger partial charge on any atom is 0.328 e. The van der Waals surface area contributed by atoms with Crippen LogP contribution in [-0.2, 0) is 45.6 Å². The lowest BCUT2D eigenvalue weighted by Gasteiger charge is -2.42. The normalized spacial score (nSPS) is 21.5. The summed E-state index contributed by atoms with van der Waals surface area (Å²) >= 11 is 5.72. The third-order valence-electron chi connectivity index (χ3n) is 7.92. The number of sulfonamides is 2. The SMILES string of the molecule is CCOC(=O)[C@H](CCc1ccccc1)N[C@H]1CCCN2CCC[C@@H](C(=O)O)N2C1=O.NS(=O)(=O)c1cc2c(cc1Cl)NCNS2(=O)=O. The molecule has 3 heterocycles. The number of aliphatic carboxylic acids is 1. The molecule has 3 aliphatic rings. The van der Waals surface area contributed by atoms with Crippen molar-refractivity contribution in [2.75, 3.05) is 31.7 Å². The minimum Gasteiger partial charge on any atom is -0.480 e. The highest BCUT2D eigenvalue weighted by Gasteiger charge is 2.42. The molecule has 2 aromatic carbocycles. The van der Waals surface area contributed by atoms with Gasteiger partial charge in [-0.25, -0.2) is 31.8 Å². The topological polar surface area (TPSA) is 218 Å². The molecule has 0 radical (unpaired) electrons. The summed E-state index contributed by atoms with van der Waals surface area (Å²) in [5.41, 5.74) is 1.34. The molecule has 0 aliphatic carbocycles. The summed E-state index contributed by atoms with van der Waals surface area (Å²) in [6.07, 6.45) is 3.67. The standard InChI is InChI=1S/C22H31N3O5.C7H8ClN3O4S2/c1-2-30-22(29)18(13-12-16-8-4-3-5-9-16)23-17-10-6-14-24-15-7-11-19(21(27)28)25(24)20(17)26;8-4-1-5-7(2-6(4)16(9,12)13)17(14,15)11-3-10-5/h3-5,8-9,17-19,23H,2,6-7,10-15H2,1H3,(H,27,28);1-2,10-11H,3H2,(H2,9,12,13)/t17-,18-,19-;/m0./s1. The average molecular weight is 715 g/mol. The van der Waals surface area contributed by atoms with Gasteiger partial charge in [0, 0.05) is 13.1 Å². The second kappa shape index (κ2) is 15.7. The number of carbonyl (C=O) groups is 3. The van der Waals surface area contributed by atoms with Gasteiger partial charge in [0.2, 0.25) is 20.0 Å². The molecule has 2 aromatic rings. The number of hydrogen-bond donors (Lipinski definition) is 5. The molecule has 47 heavy (non-hydrogen) atoms. The van der Waals surface area contributed by atoms with Crippen molar-refractivity contribution in [1.82, 2.24) is 20.1 Å². The number of benzene rings is 2. The van der Waals surface area contributed by atoms with E-state index < -0.39 is 49.0 Å². The van der Waals surface area contributed by atoms with Gasteiger partial charge in [0.05, 0.1) is 30.0 Å². The minimum absolute atomic E-state index is 0.0143. The highest BCUT2D eigenvalue weighted by molar-refractivity contribution is 7.90. The maximum absolute atomic E-state index is 13.3. The van der Waals surface area contributed by atoms with Crippen LogP contribution >= 0.6 is 11.6 Å². The van der Waals surface area contributed by atoms with Crippen LogP contribution in [0.2, 0.25) is 5.02 Å². The Morgan fingerprint density at radius 1 is 1.17 bits per heavy atom. The Bertz CT molecular complexity index is 1680. The Morgan fingerprint density at radius 3 is 2.49 bits per heavy atom. The van der Waals surface area contributed by atoms with E-state index in [1.54, 1.807) is 6.92 Å². The molecule has 3 aliphatic heterocycles. The number of ether oxygens (including phenoxy) is 1. The molecular formula is C29H39ClN6O9S2. The molecule has 18 heteroatoms. The van der Waals surface area contributed by atoms with Crippen molar-refractivity contribution in [3.05, 3.63) is 53.1 Å². The first-order valence-corrected chi connectivity index (χ1v) is 18.5. The van der Waals surface area contributed by atoms with Crippen molar-refractivity contribution < 1.29 is 41.1 Å². The summed E-state index contributed by atoms with van der Waals surface area (Å²) in [5.74, 6) is -1.64. The molecule has 5 rings (SSSR count). The number of hydrazine groups is 1. The van der Waals surface area contributed by atoms with E-state index in [1.807, 2.05) is 35.3 Å². The van der Waals surface area contributed by atoms with Crippen LogP contribution < -0.4 is 20.5 Å². The molecule has 0 bridgehead atoms. The predicted molar refractivity (Wildman–Crippen MR) is 172 cm³/mol. The van der Waals surface area contributed by atoms with Crippen LogP contribution in [0.25, 0.3) is 0 Å². The van der Waals surface area contributed by atoms with Gasteiger partial charge in [0.1, 0.15) is 21.9 Å². The van der Waals surface area contributed by atoms with E-state index in [-0.39, 0.29) is 40.8 Å². The summed E-state index contributed by atoms with van der Waals surface area (Å²) in [5, 5.41) is 23.6. The van der Waals surface area contributed by atoms with Crippen molar-refractivity contribution in [3.63, 3.8) is 0 Å². The van der Waals surface area contributed by atoms with E-state index >= 15 is 0 Å². The van der Waals surface area contributed by atoms with Crippen LogP contribution in [0.5, 0.6) is 0 Å². The molecule has 1 amide bonds. The molecule has 0 aromatic heterocycles. The number of nitrogens with one attached hydrogen (secondary N) is 3. The van der Waals surface area contributed by atoms with Gasteiger partial charge in [0.25, 0.3) is 5.91 Å². The number of rotatable bonds is 9. The van der Waals surface area contributed by atoms with E-state index in [9.17, 15) is 36.3 Å².